The summed E-state index contributed by atoms with van der Waals surface area (Å²) in [6, 6.07) is 5.72. The van der Waals surface area contributed by atoms with Gasteiger partial charge in [0.2, 0.25) is 0 Å². The molecule has 0 atom stereocenters. The maximum atomic E-state index is 13.9. The summed E-state index contributed by atoms with van der Waals surface area (Å²) in [7, 11) is 0. The summed E-state index contributed by atoms with van der Waals surface area (Å²) >= 11 is 17.9. The first-order valence-electron chi connectivity index (χ1n) is 5.55. The molecule has 3 aromatic rings. The average Bonchev–Trinajstić information content (AvgIpc) is 2.71. The van der Waals surface area contributed by atoms with Crippen LogP contribution in [0.3, 0.4) is 0 Å². The number of pyridine rings is 1. The molecule has 20 heavy (non-hydrogen) atoms. The van der Waals surface area contributed by atoms with Crippen molar-refractivity contribution in [1.82, 2.24) is 9.38 Å². The van der Waals surface area contributed by atoms with E-state index in [0.717, 1.165) is 0 Å². The Hall–Kier alpha value is -1.49. The molecule has 0 fully saturated rings. The molecule has 0 spiro atoms. The van der Waals surface area contributed by atoms with Crippen LogP contribution >= 0.6 is 34.8 Å². The number of hydrogen-bond donors (Lipinski definition) is 1. The van der Waals surface area contributed by atoms with E-state index >= 15 is 0 Å². The van der Waals surface area contributed by atoms with E-state index in [0.29, 0.717) is 20.7 Å². The molecule has 1 aromatic carbocycles. The van der Waals surface area contributed by atoms with Gasteiger partial charge in [0.25, 0.3) is 0 Å². The van der Waals surface area contributed by atoms with Crippen molar-refractivity contribution in [3.63, 3.8) is 0 Å². The predicted molar refractivity (Wildman–Crippen MR) is 80.0 cm³/mol. The summed E-state index contributed by atoms with van der Waals surface area (Å²) in [5, 5.41) is 1.13. The summed E-state index contributed by atoms with van der Waals surface area (Å²) in [5.74, 6) is -0.225. The van der Waals surface area contributed by atoms with Crippen LogP contribution in [-0.2, 0) is 0 Å². The molecule has 0 saturated carbocycles. The standard InChI is InChI=1S/C13H7Cl3FN3/c14-6-1-2-10(17)8(3-6)11-12(18)20-5-7(15)4-9(16)13(20)19-11/h1-5H,18H2. The van der Waals surface area contributed by atoms with Gasteiger partial charge < -0.3 is 5.73 Å². The minimum Gasteiger partial charge on any atom is -0.383 e. The Bertz CT molecular complexity index is 829. The largest absolute Gasteiger partial charge is 0.383 e. The van der Waals surface area contributed by atoms with Crippen LogP contribution in [0.1, 0.15) is 0 Å². The van der Waals surface area contributed by atoms with Crippen molar-refractivity contribution in [2.24, 2.45) is 0 Å². The lowest BCUT2D eigenvalue weighted by molar-refractivity contribution is 0.631. The highest BCUT2D eigenvalue weighted by molar-refractivity contribution is 6.36. The maximum absolute atomic E-state index is 13.9. The molecular weight excluding hydrogens is 324 g/mol. The maximum Gasteiger partial charge on any atom is 0.158 e. The number of hydrogen-bond acceptors (Lipinski definition) is 2. The second-order valence-corrected chi connectivity index (χ2v) is 5.45. The number of benzene rings is 1. The van der Waals surface area contributed by atoms with E-state index in [1.54, 1.807) is 12.3 Å². The van der Waals surface area contributed by atoms with Gasteiger partial charge in [0.1, 0.15) is 17.3 Å². The van der Waals surface area contributed by atoms with E-state index in [4.69, 9.17) is 40.5 Å². The number of halogens is 4. The topological polar surface area (TPSA) is 43.3 Å². The zero-order valence-electron chi connectivity index (χ0n) is 9.87. The fraction of sp³-hybridized carbons (Fsp3) is 0. The predicted octanol–water partition coefficient (Wildman–Crippen LogP) is 4.68. The highest BCUT2D eigenvalue weighted by atomic mass is 35.5. The van der Waals surface area contributed by atoms with Crippen molar-refractivity contribution in [1.29, 1.82) is 0 Å². The highest BCUT2D eigenvalue weighted by Crippen LogP contribution is 2.33. The molecule has 0 bridgehead atoms. The van der Waals surface area contributed by atoms with Crippen LogP contribution < -0.4 is 5.73 Å². The number of aromatic nitrogens is 2. The summed E-state index contributed by atoms with van der Waals surface area (Å²) in [4.78, 5) is 4.27. The van der Waals surface area contributed by atoms with Gasteiger partial charge in [-0.2, -0.15) is 0 Å². The molecule has 0 unspecified atom stereocenters. The van der Waals surface area contributed by atoms with Gasteiger partial charge in [-0.1, -0.05) is 34.8 Å². The van der Waals surface area contributed by atoms with Crippen molar-refractivity contribution in [3.8, 4) is 11.3 Å². The van der Waals surface area contributed by atoms with E-state index in [-0.39, 0.29) is 17.1 Å². The fourth-order valence-corrected chi connectivity index (χ4v) is 2.65. The van der Waals surface area contributed by atoms with Gasteiger partial charge in [-0.3, -0.25) is 4.40 Å². The SMILES string of the molecule is Nc1c(-c2cc(Cl)ccc2F)nc2c(Cl)cc(Cl)cn12. The number of nitrogens with zero attached hydrogens (tertiary/aromatic N) is 2. The van der Waals surface area contributed by atoms with E-state index in [2.05, 4.69) is 4.98 Å². The molecule has 0 saturated heterocycles. The van der Waals surface area contributed by atoms with Gasteiger partial charge in [0.05, 0.1) is 10.0 Å². The molecule has 3 nitrogen and oxygen atoms in total. The minimum atomic E-state index is -0.466. The van der Waals surface area contributed by atoms with Crippen LogP contribution in [0.4, 0.5) is 10.2 Å². The second-order valence-electron chi connectivity index (χ2n) is 4.17. The Morgan fingerprint density at radius 1 is 1.10 bits per heavy atom. The van der Waals surface area contributed by atoms with Gasteiger partial charge in [0, 0.05) is 16.8 Å². The third-order valence-electron chi connectivity index (χ3n) is 2.86. The van der Waals surface area contributed by atoms with Gasteiger partial charge >= 0.3 is 0 Å². The summed E-state index contributed by atoms with van der Waals surface area (Å²) in [6.07, 6.45) is 1.57. The summed E-state index contributed by atoms with van der Waals surface area (Å²) < 4.78 is 15.4. The quantitative estimate of drug-likeness (QED) is 0.704. The zero-order chi connectivity index (χ0) is 14.4. The number of nitrogen functional groups attached to an aromatic ring is 1. The summed E-state index contributed by atoms with van der Waals surface area (Å²) in [6.45, 7) is 0. The monoisotopic (exact) mass is 329 g/mol. The van der Waals surface area contributed by atoms with Gasteiger partial charge in [-0.25, -0.2) is 9.37 Å². The van der Waals surface area contributed by atoms with E-state index in [9.17, 15) is 4.39 Å². The normalized spacial score (nSPS) is 11.2. The number of rotatable bonds is 1. The fourth-order valence-electron chi connectivity index (χ4n) is 1.97. The molecule has 0 aliphatic heterocycles. The Kier molecular flexibility index (Phi) is 3.24. The van der Waals surface area contributed by atoms with Crippen molar-refractivity contribution in [3.05, 3.63) is 51.3 Å². The van der Waals surface area contributed by atoms with Crippen LogP contribution in [0.25, 0.3) is 16.9 Å². The molecule has 7 heteroatoms. The van der Waals surface area contributed by atoms with Gasteiger partial charge in [-0.15, -0.1) is 0 Å². The minimum absolute atomic E-state index is 0.214. The Morgan fingerprint density at radius 2 is 1.85 bits per heavy atom. The molecule has 0 aliphatic rings. The van der Waals surface area contributed by atoms with E-state index < -0.39 is 5.82 Å². The highest BCUT2D eigenvalue weighted by Gasteiger charge is 2.17. The van der Waals surface area contributed by atoms with Crippen LogP contribution in [0, 0.1) is 5.82 Å². The van der Waals surface area contributed by atoms with Gasteiger partial charge in [0.15, 0.2) is 5.65 Å². The molecular formula is C13H7Cl3FN3. The molecule has 102 valence electrons. The van der Waals surface area contributed by atoms with E-state index in [1.807, 2.05) is 0 Å². The number of nitrogens with two attached hydrogens (primary N) is 1. The molecule has 0 aliphatic carbocycles. The van der Waals surface area contributed by atoms with Gasteiger partial charge in [-0.05, 0) is 24.3 Å². The summed E-state index contributed by atoms with van der Waals surface area (Å²) in [5.41, 5.74) is 6.89. The average molecular weight is 331 g/mol. The third-order valence-corrected chi connectivity index (χ3v) is 3.58. The van der Waals surface area contributed by atoms with Crippen LogP contribution in [0.5, 0.6) is 0 Å². The second kappa shape index (κ2) is 4.81. The molecule has 2 heterocycles. The Balaban J connectivity index is 2.35. The van der Waals surface area contributed by atoms with Crippen molar-refractivity contribution in [2.45, 2.75) is 0 Å². The lowest BCUT2D eigenvalue weighted by Gasteiger charge is -2.02. The first-order chi connectivity index (χ1) is 9.47. The third kappa shape index (κ3) is 2.10. The number of anilines is 1. The Morgan fingerprint density at radius 3 is 2.60 bits per heavy atom. The van der Waals surface area contributed by atoms with Crippen LogP contribution in [-0.4, -0.2) is 9.38 Å². The molecule has 0 amide bonds. The number of fused-ring (bicyclic) bond motifs is 1. The zero-order valence-corrected chi connectivity index (χ0v) is 12.1. The molecule has 3 rings (SSSR count). The lowest BCUT2D eigenvalue weighted by atomic mass is 10.1. The molecule has 2 aromatic heterocycles. The lowest BCUT2D eigenvalue weighted by Crippen LogP contribution is -1.95. The van der Waals surface area contributed by atoms with Crippen molar-refractivity contribution >= 4 is 46.3 Å². The van der Waals surface area contributed by atoms with Crippen molar-refractivity contribution < 1.29 is 4.39 Å². The van der Waals surface area contributed by atoms with Crippen LogP contribution in [0.2, 0.25) is 15.1 Å². The molecule has 0 radical (unpaired) electrons. The first-order valence-corrected chi connectivity index (χ1v) is 6.69. The Labute approximate surface area is 128 Å². The first kappa shape index (κ1) is 13.5. The smallest absolute Gasteiger partial charge is 0.158 e. The van der Waals surface area contributed by atoms with Crippen LogP contribution in [0.15, 0.2) is 30.5 Å². The van der Waals surface area contributed by atoms with E-state index in [1.165, 1.54) is 22.6 Å². The molecule has 2 N–H and O–H groups in total. The van der Waals surface area contributed by atoms with Crippen molar-refractivity contribution in [2.75, 3.05) is 5.73 Å². The number of imidazole rings is 1.